The van der Waals surface area contributed by atoms with Crippen LogP contribution in [0.1, 0.15) is 30.8 Å². The van der Waals surface area contributed by atoms with E-state index in [1.165, 1.54) is 0 Å². The number of benzene rings is 1. The molecule has 0 saturated heterocycles. The first-order valence-corrected chi connectivity index (χ1v) is 10.9. The van der Waals surface area contributed by atoms with Crippen LogP contribution >= 0.6 is 0 Å². The molecule has 0 amide bonds. The van der Waals surface area contributed by atoms with Gasteiger partial charge in [0.25, 0.3) is 0 Å². The van der Waals surface area contributed by atoms with Gasteiger partial charge in [0.2, 0.25) is 10.0 Å². The van der Waals surface area contributed by atoms with Crippen molar-refractivity contribution in [3.8, 4) is 5.69 Å². The smallest absolute Gasteiger partial charge is 0.209 e. The number of aromatic nitrogens is 2. The minimum atomic E-state index is -3.29. The zero-order chi connectivity index (χ0) is 20.9. The molecule has 2 rings (SSSR count). The SMILES string of the molecule is CN=C(NCc1ccccc1-n1nc(C)cc1C)NCC(C)(C)NS(C)(=O)=O. The summed E-state index contributed by atoms with van der Waals surface area (Å²) in [5, 5.41) is 11.0. The summed E-state index contributed by atoms with van der Waals surface area (Å²) in [5.41, 5.74) is 3.48. The van der Waals surface area contributed by atoms with Crippen LogP contribution in [0.4, 0.5) is 0 Å². The maximum atomic E-state index is 11.5. The van der Waals surface area contributed by atoms with E-state index in [0.717, 1.165) is 28.9 Å². The van der Waals surface area contributed by atoms with E-state index in [9.17, 15) is 8.42 Å². The second-order valence-corrected chi connectivity index (χ2v) is 9.25. The third kappa shape index (κ3) is 6.35. The summed E-state index contributed by atoms with van der Waals surface area (Å²) in [6.45, 7) is 8.57. The van der Waals surface area contributed by atoms with Gasteiger partial charge in [0, 0.05) is 31.4 Å². The Bertz CT molecular complexity index is 947. The van der Waals surface area contributed by atoms with Crippen LogP contribution in [0.15, 0.2) is 35.3 Å². The summed E-state index contributed by atoms with van der Waals surface area (Å²) in [5.74, 6) is 0.589. The maximum absolute atomic E-state index is 11.5. The fraction of sp³-hybridized carbons (Fsp3) is 0.474. The Kier molecular flexibility index (Phi) is 6.84. The molecule has 0 atom stereocenters. The van der Waals surface area contributed by atoms with Gasteiger partial charge in [-0.1, -0.05) is 18.2 Å². The van der Waals surface area contributed by atoms with Crippen LogP contribution in [0.2, 0.25) is 0 Å². The van der Waals surface area contributed by atoms with Gasteiger partial charge in [0.05, 0.1) is 17.6 Å². The zero-order valence-corrected chi connectivity index (χ0v) is 18.2. The summed E-state index contributed by atoms with van der Waals surface area (Å²) in [6.07, 6.45) is 1.15. The molecule has 0 unspecified atom stereocenters. The number of guanidine groups is 1. The topological polar surface area (TPSA) is 100 Å². The molecule has 0 bridgehead atoms. The van der Waals surface area contributed by atoms with Gasteiger partial charge in [0.1, 0.15) is 0 Å². The first kappa shape index (κ1) is 21.9. The van der Waals surface area contributed by atoms with E-state index >= 15 is 0 Å². The molecular formula is C19H30N6O2S. The third-order valence-electron chi connectivity index (χ3n) is 4.06. The second kappa shape index (κ2) is 8.74. The Hall–Kier alpha value is -2.39. The average molecular weight is 407 g/mol. The fourth-order valence-electron chi connectivity index (χ4n) is 2.98. The van der Waals surface area contributed by atoms with Gasteiger partial charge in [-0.3, -0.25) is 4.99 Å². The van der Waals surface area contributed by atoms with Gasteiger partial charge in [0.15, 0.2) is 5.96 Å². The van der Waals surface area contributed by atoms with Crippen molar-refractivity contribution in [2.75, 3.05) is 19.8 Å². The highest BCUT2D eigenvalue weighted by molar-refractivity contribution is 7.88. The van der Waals surface area contributed by atoms with E-state index in [0.29, 0.717) is 19.0 Å². The highest BCUT2D eigenvalue weighted by atomic mass is 32.2. The Morgan fingerprint density at radius 3 is 2.46 bits per heavy atom. The van der Waals surface area contributed by atoms with Crippen molar-refractivity contribution in [3.05, 3.63) is 47.3 Å². The van der Waals surface area contributed by atoms with Crippen molar-refractivity contribution in [1.29, 1.82) is 0 Å². The summed E-state index contributed by atoms with van der Waals surface area (Å²) in [6, 6.07) is 10.1. The van der Waals surface area contributed by atoms with Gasteiger partial charge in [-0.2, -0.15) is 5.10 Å². The highest BCUT2D eigenvalue weighted by Crippen LogP contribution is 2.16. The molecule has 0 aliphatic heterocycles. The Morgan fingerprint density at radius 1 is 1.21 bits per heavy atom. The van der Waals surface area contributed by atoms with Crippen LogP contribution in [-0.4, -0.2) is 49.5 Å². The van der Waals surface area contributed by atoms with Crippen LogP contribution < -0.4 is 15.4 Å². The number of hydrogen-bond donors (Lipinski definition) is 3. The van der Waals surface area contributed by atoms with Crippen LogP contribution in [-0.2, 0) is 16.6 Å². The predicted molar refractivity (Wildman–Crippen MR) is 113 cm³/mol. The Labute approximate surface area is 167 Å². The van der Waals surface area contributed by atoms with Crippen molar-refractivity contribution >= 4 is 16.0 Å². The average Bonchev–Trinajstić information content (AvgIpc) is 2.91. The predicted octanol–water partition coefficient (Wildman–Crippen LogP) is 1.48. The van der Waals surface area contributed by atoms with E-state index in [2.05, 4.69) is 25.4 Å². The molecule has 0 saturated carbocycles. The summed E-state index contributed by atoms with van der Waals surface area (Å²) in [7, 11) is -1.61. The molecule has 0 radical (unpaired) electrons. The molecule has 8 nitrogen and oxygen atoms in total. The molecule has 9 heteroatoms. The number of nitrogens with one attached hydrogen (secondary N) is 3. The molecule has 0 aliphatic rings. The summed E-state index contributed by atoms with van der Waals surface area (Å²) in [4.78, 5) is 4.22. The van der Waals surface area contributed by atoms with Gasteiger partial charge < -0.3 is 10.6 Å². The monoisotopic (exact) mass is 406 g/mol. The largest absolute Gasteiger partial charge is 0.355 e. The molecule has 1 heterocycles. The second-order valence-electron chi connectivity index (χ2n) is 7.51. The lowest BCUT2D eigenvalue weighted by molar-refractivity contribution is 0.446. The molecule has 2 aromatic rings. The van der Waals surface area contributed by atoms with Crippen LogP contribution in [0.25, 0.3) is 5.69 Å². The first-order chi connectivity index (χ1) is 13.0. The van der Waals surface area contributed by atoms with Gasteiger partial charge in [-0.05, 0) is 45.4 Å². The van der Waals surface area contributed by atoms with E-state index in [-0.39, 0.29) is 0 Å². The lowest BCUT2D eigenvalue weighted by Gasteiger charge is -2.26. The van der Waals surface area contributed by atoms with Crippen molar-refractivity contribution in [2.24, 2.45) is 4.99 Å². The molecule has 0 spiro atoms. The molecule has 28 heavy (non-hydrogen) atoms. The summed E-state index contributed by atoms with van der Waals surface area (Å²) < 4.78 is 27.5. The van der Waals surface area contributed by atoms with Crippen molar-refractivity contribution in [2.45, 2.75) is 39.8 Å². The van der Waals surface area contributed by atoms with E-state index < -0.39 is 15.6 Å². The molecule has 3 N–H and O–H groups in total. The van der Waals surface area contributed by atoms with Crippen LogP contribution in [0.3, 0.4) is 0 Å². The molecule has 1 aromatic carbocycles. The van der Waals surface area contributed by atoms with Gasteiger partial charge >= 0.3 is 0 Å². The van der Waals surface area contributed by atoms with Crippen molar-refractivity contribution < 1.29 is 8.42 Å². The number of aryl methyl sites for hydroxylation is 2. The normalized spacial score (nSPS) is 12.9. The lowest BCUT2D eigenvalue weighted by Crippen LogP contribution is -2.52. The number of para-hydroxylation sites is 1. The number of hydrogen-bond acceptors (Lipinski definition) is 4. The first-order valence-electron chi connectivity index (χ1n) is 9.06. The molecule has 1 aromatic heterocycles. The highest BCUT2D eigenvalue weighted by Gasteiger charge is 2.22. The number of aliphatic imine (C=N–C) groups is 1. The molecule has 0 fully saturated rings. The van der Waals surface area contributed by atoms with Crippen molar-refractivity contribution in [1.82, 2.24) is 25.1 Å². The number of sulfonamides is 1. The van der Waals surface area contributed by atoms with E-state index in [1.54, 1.807) is 7.05 Å². The number of nitrogens with zero attached hydrogens (tertiary/aromatic N) is 3. The third-order valence-corrected chi connectivity index (χ3v) is 4.98. The number of rotatable bonds is 7. The summed E-state index contributed by atoms with van der Waals surface area (Å²) >= 11 is 0. The maximum Gasteiger partial charge on any atom is 0.209 e. The Balaban J connectivity index is 2.06. The van der Waals surface area contributed by atoms with Crippen LogP contribution in [0, 0.1) is 13.8 Å². The Morgan fingerprint density at radius 2 is 1.89 bits per heavy atom. The van der Waals surface area contributed by atoms with E-state index in [4.69, 9.17) is 0 Å². The molecular weight excluding hydrogens is 376 g/mol. The van der Waals surface area contributed by atoms with E-state index in [1.807, 2.05) is 62.7 Å². The van der Waals surface area contributed by atoms with Crippen LogP contribution in [0.5, 0.6) is 0 Å². The lowest BCUT2D eigenvalue weighted by atomic mass is 10.1. The zero-order valence-electron chi connectivity index (χ0n) is 17.4. The quantitative estimate of drug-likeness (QED) is 0.478. The molecule has 154 valence electrons. The van der Waals surface area contributed by atoms with Crippen molar-refractivity contribution in [3.63, 3.8) is 0 Å². The minimum Gasteiger partial charge on any atom is -0.355 e. The standard InChI is InChI=1S/C19H30N6O2S/c1-14-11-15(2)25(23-14)17-10-8-7-9-16(17)12-21-18(20-5)22-13-19(3,4)24-28(6,26)27/h7-11,24H,12-13H2,1-6H3,(H2,20,21,22). The minimum absolute atomic E-state index is 0.388. The van der Waals surface area contributed by atoms with Gasteiger partial charge in [-0.15, -0.1) is 0 Å². The fourth-order valence-corrected chi connectivity index (χ4v) is 4.06. The van der Waals surface area contributed by atoms with Gasteiger partial charge in [-0.25, -0.2) is 17.8 Å². The molecule has 0 aliphatic carbocycles.